The Morgan fingerprint density at radius 2 is 1.78 bits per heavy atom. The van der Waals surface area contributed by atoms with E-state index in [2.05, 4.69) is 5.10 Å². The van der Waals surface area contributed by atoms with Crippen LogP contribution in [0, 0.1) is 0 Å². The highest BCUT2D eigenvalue weighted by Crippen LogP contribution is 2.47. The minimum atomic E-state index is -0.552. The molecule has 1 aliphatic rings. The Labute approximate surface area is 134 Å². The molecule has 0 aliphatic carbocycles. The van der Waals surface area contributed by atoms with Crippen LogP contribution in [0.4, 0.5) is 0 Å². The Balaban J connectivity index is 1.95. The van der Waals surface area contributed by atoms with Crippen molar-refractivity contribution >= 4 is 0 Å². The topological polar surface area (TPSA) is 58.3 Å². The first kappa shape index (κ1) is 14.0. The maximum atomic E-state index is 10.8. The van der Waals surface area contributed by atoms with Crippen molar-refractivity contribution in [3.63, 3.8) is 0 Å². The number of aromatic nitrogens is 2. The first-order valence-electron chi connectivity index (χ1n) is 7.87. The zero-order valence-corrected chi connectivity index (χ0v) is 12.8. The van der Waals surface area contributed by atoms with Gasteiger partial charge in [0, 0.05) is 5.56 Å². The first-order chi connectivity index (χ1) is 11.2. The van der Waals surface area contributed by atoms with Gasteiger partial charge in [0.25, 0.3) is 0 Å². The van der Waals surface area contributed by atoms with Crippen LogP contribution in [0.1, 0.15) is 30.5 Å². The molecule has 2 unspecified atom stereocenters. The van der Waals surface area contributed by atoms with E-state index in [4.69, 9.17) is 0 Å². The molecule has 2 N–H and O–H groups in total. The molecule has 23 heavy (non-hydrogen) atoms. The number of hydrogen-bond acceptors (Lipinski definition) is 3. The number of aromatic hydroxyl groups is 1. The lowest BCUT2D eigenvalue weighted by Gasteiger charge is -2.17. The smallest absolute Gasteiger partial charge is 0.166 e. The highest BCUT2D eigenvalue weighted by molar-refractivity contribution is 5.71. The quantitative estimate of drug-likeness (QED) is 0.779. The van der Waals surface area contributed by atoms with E-state index in [0.29, 0.717) is 17.8 Å². The number of para-hydroxylation sites is 1. The van der Waals surface area contributed by atoms with Crippen LogP contribution in [0.2, 0.25) is 0 Å². The van der Waals surface area contributed by atoms with Crippen LogP contribution in [-0.2, 0) is 0 Å². The highest BCUT2D eigenvalue weighted by Gasteiger charge is 2.38. The van der Waals surface area contributed by atoms with Crippen molar-refractivity contribution in [2.75, 3.05) is 0 Å². The average Bonchev–Trinajstić information content (AvgIpc) is 3.10. The lowest BCUT2D eigenvalue weighted by atomic mass is 9.90. The van der Waals surface area contributed by atoms with E-state index in [-0.39, 0.29) is 11.7 Å². The molecule has 0 saturated heterocycles. The fourth-order valence-corrected chi connectivity index (χ4v) is 3.39. The predicted molar refractivity (Wildman–Crippen MR) is 88.8 cm³/mol. The van der Waals surface area contributed by atoms with E-state index in [0.717, 1.165) is 16.8 Å². The zero-order valence-electron chi connectivity index (χ0n) is 12.8. The maximum absolute atomic E-state index is 10.8. The average molecular weight is 306 g/mol. The summed E-state index contributed by atoms with van der Waals surface area (Å²) in [5, 5.41) is 25.9. The molecule has 0 bridgehead atoms. The van der Waals surface area contributed by atoms with E-state index in [9.17, 15) is 10.2 Å². The SMILES string of the molecule is CCC(O)C1c2ccccc2-n2nc(-c3ccccc3)c(O)c21. The molecule has 4 nitrogen and oxygen atoms in total. The number of hydrogen-bond donors (Lipinski definition) is 2. The van der Waals surface area contributed by atoms with Crippen LogP contribution in [0.25, 0.3) is 16.9 Å². The lowest BCUT2D eigenvalue weighted by molar-refractivity contribution is 0.151. The molecule has 4 heteroatoms. The number of benzene rings is 2. The van der Waals surface area contributed by atoms with Gasteiger partial charge in [-0.15, -0.1) is 0 Å². The zero-order chi connectivity index (χ0) is 16.0. The predicted octanol–water partition coefficient (Wildman–Crippen LogP) is 3.46. The van der Waals surface area contributed by atoms with Crippen molar-refractivity contribution in [1.29, 1.82) is 0 Å². The second-order valence-electron chi connectivity index (χ2n) is 5.87. The summed E-state index contributed by atoms with van der Waals surface area (Å²) in [4.78, 5) is 0. The molecule has 4 rings (SSSR count). The molecule has 0 amide bonds. The van der Waals surface area contributed by atoms with Gasteiger partial charge < -0.3 is 10.2 Å². The molecule has 2 atom stereocenters. The van der Waals surface area contributed by atoms with Crippen molar-refractivity contribution in [3.8, 4) is 22.7 Å². The van der Waals surface area contributed by atoms with Gasteiger partial charge >= 0.3 is 0 Å². The van der Waals surface area contributed by atoms with Crippen LogP contribution in [0.15, 0.2) is 54.6 Å². The summed E-state index contributed by atoms with van der Waals surface area (Å²) in [6.07, 6.45) is 0.0632. The largest absolute Gasteiger partial charge is 0.504 e. The van der Waals surface area contributed by atoms with Gasteiger partial charge in [-0.1, -0.05) is 55.5 Å². The van der Waals surface area contributed by atoms with Gasteiger partial charge in [-0.3, -0.25) is 0 Å². The van der Waals surface area contributed by atoms with Gasteiger partial charge in [0.15, 0.2) is 5.75 Å². The second-order valence-corrected chi connectivity index (χ2v) is 5.87. The fraction of sp³-hybridized carbons (Fsp3) is 0.211. The Kier molecular flexibility index (Phi) is 3.20. The molecule has 2 aromatic carbocycles. The van der Waals surface area contributed by atoms with Gasteiger partial charge in [-0.2, -0.15) is 5.10 Å². The summed E-state index contributed by atoms with van der Waals surface area (Å²) in [6.45, 7) is 1.95. The molecule has 1 aliphatic heterocycles. The summed E-state index contributed by atoms with van der Waals surface area (Å²) in [5.74, 6) is -0.0916. The van der Waals surface area contributed by atoms with Crippen LogP contribution < -0.4 is 0 Å². The molecule has 2 heterocycles. The number of aliphatic hydroxyl groups excluding tert-OH is 1. The van der Waals surface area contributed by atoms with E-state index < -0.39 is 6.10 Å². The van der Waals surface area contributed by atoms with E-state index in [1.807, 2.05) is 61.5 Å². The summed E-state index contributed by atoms with van der Waals surface area (Å²) in [5.41, 5.74) is 4.05. The third-order valence-corrected chi connectivity index (χ3v) is 4.54. The van der Waals surface area contributed by atoms with Crippen LogP contribution in [0.3, 0.4) is 0 Å². The minimum Gasteiger partial charge on any atom is -0.504 e. The molecule has 0 spiro atoms. The maximum Gasteiger partial charge on any atom is 0.166 e. The molecular formula is C19H18N2O2. The normalized spacial score (nSPS) is 16.9. The molecular weight excluding hydrogens is 288 g/mol. The summed E-state index contributed by atoms with van der Waals surface area (Å²) in [7, 11) is 0. The Morgan fingerprint density at radius 3 is 2.52 bits per heavy atom. The molecule has 116 valence electrons. The summed E-state index contributed by atoms with van der Waals surface area (Å²) >= 11 is 0. The number of aliphatic hydroxyl groups is 1. The molecule has 0 saturated carbocycles. The third-order valence-electron chi connectivity index (χ3n) is 4.54. The number of rotatable bonds is 3. The standard InChI is InChI=1S/C19H18N2O2/c1-2-15(22)16-13-10-6-7-11-14(13)21-18(16)19(23)17(20-21)12-8-4-3-5-9-12/h3-11,15-16,22-23H,2H2,1H3. The minimum absolute atomic E-state index is 0.157. The van der Waals surface area contributed by atoms with Crippen LogP contribution in [0.5, 0.6) is 5.75 Å². The van der Waals surface area contributed by atoms with Crippen molar-refractivity contribution < 1.29 is 10.2 Å². The van der Waals surface area contributed by atoms with E-state index in [1.165, 1.54) is 0 Å². The third kappa shape index (κ3) is 1.99. The van der Waals surface area contributed by atoms with Crippen LogP contribution >= 0.6 is 0 Å². The van der Waals surface area contributed by atoms with E-state index in [1.54, 1.807) is 4.68 Å². The molecule has 0 radical (unpaired) electrons. The number of nitrogens with zero attached hydrogens (tertiary/aromatic N) is 2. The number of fused-ring (bicyclic) bond motifs is 3. The Morgan fingerprint density at radius 1 is 1.09 bits per heavy atom. The van der Waals surface area contributed by atoms with Crippen molar-refractivity contribution in [2.24, 2.45) is 0 Å². The molecule has 1 aromatic heterocycles. The van der Waals surface area contributed by atoms with Gasteiger partial charge in [0.2, 0.25) is 0 Å². The van der Waals surface area contributed by atoms with Crippen molar-refractivity contribution in [2.45, 2.75) is 25.4 Å². The first-order valence-corrected chi connectivity index (χ1v) is 7.87. The molecule has 3 aromatic rings. The highest BCUT2D eigenvalue weighted by atomic mass is 16.3. The fourth-order valence-electron chi connectivity index (χ4n) is 3.39. The van der Waals surface area contributed by atoms with Gasteiger partial charge in [0.1, 0.15) is 5.69 Å². The van der Waals surface area contributed by atoms with Gasteiger partial charge in [-0.25, -0.2) is 4.68 Å². The van der Waals surface area contributed by atoms with Crippen LogP contribution in [-0.4, -0.2) is 26.1 Å². The van der Waals surface area contributed by atoms with Gasteiger partial charge in [-0.05, 0) is 18.1 Å². The monoisotopic (exact) mass is 306 g/mol. The Hall–Kier alpha value is -2.59. The van der Waals surface area contributed by atoms with Gasteiger partial charge in [0.05, 0.1) is 23.4 Å². The second kappa shape index (κ2) is 5.25. The molecule has 0 fully saturated rings. The van der Waals surface area contributed by atoms with E-state index >= 15 is 0 Å². The van der Waals surface area contributed by atoms with Crippen molar-refractivity contribution in [1.82, 2.24) is 9.78 Å². The lowest BCUT2D eigenvalue weighted by Crippen LogP contribution is -2.16. The summed E-state index contributed by atoms with van der Waals surface area (Å²) < 4.78 is 1.77. The Bertz CT molecular complexity index is 855. The summed E-state index contributed by atoms with van der Waals surface area (Å²) in [6, 6.07) is 17.5. The van der Waals surface area contributed by atoms with Crippen molar-refractivity contribution in [3.05, 3.63) is 65.9 Å².